The van der Waals surface area contributed by atoms with E-state index in [9.17, 15) is 9.59 Å². The molecule has 2 aliphatic rings. The van der Waals surface area contributed by atoms with E-state index >= 15 is 0 Å². The van der Waals surface area contributed by atoms with E-state index in [4.69, 9.17) is 4.74 Å². The Morgan fingerprint density at radius 1 is 1.30 bits per heavy atom. The number of hydrogen-bond donors (Lipinski definition) is 1. The van der Waals surface area contributed by atoms with Gasteiger partial charge in [-0.25, -0.2) is 0 Å². The zero-order valence-electron chi connectivity index (χ0n) is 12.9. The Morgan fingerprint density at radius 3 is 2.55 bits per heavy atom. The van der Waals surface area contributed by atoms with Gasteiger partial charge < -0.3 is 15.0 Å². The molecule has 0 saturated carbocycles. The van der Waals surface area contributed by atoms with Crippen LogP contribution in [-0.4, -0.2) is 48.1 Å². The van der Waals surface area contributed by atoms with Crippen molar-refractivity contribution in [1.82, 2.24) is 10.2 Å². The summed E-state index contributed by atoms with van der Waals surface area (Å²) < 4.78 is 5.73. The predicted octanol–water partition coefficient (Wildman–Crippen LogP) is 1.32. The average Bonchev–Trinajstić information content (AvgIpc) is 2.35. The molecular formula is C15H26N2O3. The van der Waals surface area contributed by atoms with E-state index in [2.05, 4.69) is 5.32 Å². The van der Waals surface area contributed by atoms with Gasteiger partial charge in [-0.2, -0.15) is 0 Å². The maximum absolute atomic E-state index is 12.5. The van der Waals surface area contributed by atoms with Gasteiger partial charge in [0.1, 0.15) is 12.1 Å². The van der Waals surface area contributed by atoms with Gasteiger partial charge in [-0.1, -0.05) is 20.8 Å². The minimum absolute atomic E-state index is 0.00121. The van der Waals surface area contributed by atoms with E-state index in [1.807, 2.05) is 20.8 Å². The van der Waals surface area contributed by atoms with Crippen LogP contribution in [0.4, 0.5) is 0 Å². The van der Waals surface area contributed by atoms with Gasteiger partial charge in [0.25, 0.3) is 0 Å². The molecule has 0 radical (unpaired) electrons. The lowest BCUT2D eigenvalue weighted by Gasteiger charge is -2.45. The molecular weight excluding hydrogens is 256 g/mol. The topological polar surface area (TPSA) is 58.6 Å². The number of nitrogens with zero attached hydrogens (tertiary/aromatic N) is 1. The Balaban J connectivity index is 2.18. The smallest absolute Gasteiger partial charge is 0.245 e. The van der Waals surface area contributed by atoms with Gasteiger partial charge in [0.05, 0.1) is 6.10 Å². The zero-order chi connectivity index (χ0) is 14.9. The molecule has 1 N–H and O–H groups in total. The van der Waals surface area contributed by atoms with Crippen LogP contribution in [-0.2, 0) is 14.3 Å². The predicted molar refractivity (Wildman–Crippen MR) is 76.2 cm³/mol. The molecule has 2 aliphatic heterocycles. The first-order chi connectivity index (χ1) is 9.30. The number of hydrogen-bond acceptors (Lipinski definition) is 3. The lowest BCUT2D eigenvalue weighted by molar-refractivity contribution is -0.156. The van der Waals surface area contributed by atoms with Crippen LogP contribution in [0.3, 0.4) is 0 Å². The highest BCUT2D eigenvalue weighted by molar-refractivity contribution is 5.97. The molecule has 0 aromatic carbocycles. The highest BCUT2D eigenvalue weighted by atomic mass is 16.5. The highest BCUT2D eigenvalue weighted by Crippen LogP contribution is 2.29. The summed E-state index contributed by atoms with van der Waals surface area (Å²) in [5, 5.41) is 2.78. The van der Waals surface area contributed by atoms with E-state index in [1.165, 1.54) is 0 Å². The first-order valence-corrected chi connectivity index (χ1v) is 7.53. The molecule has 2 heterocycles. The minimum atomic E-state index is -0.440. The number of rotatable bonds is 2. The Kier molecular flexibility index (Phi) is 4.37. The Bertz CT molecular complexity index is 383. The van der Waals surface area contributed by atoms with E-state index in [-0.39, 0.29) is 23.3 Å². The van der Waals surface area contributed by atoms with Gasteiger partial charge in [0.15, 0.2) is 0 Å². The maximum Gasteiger partial charge on any atom is 0.245 e. The fraction of sp³-hybridized carbons (Fsp3) is 0.867. The third-order valence-electron chi connectivity index (χ3n) is 4.07. The fourth-order valence-electron chi connectivity index (χ4n) is 3.10. The van der Waals surface area contributed by atoms with E-state index in [0.717, 1.165) is 25.9 Å². The van der Waals surface area contributed by atoms with Gasteiger partial charge in [-0.05, 0) is 31.6 Å². The summed E-state index contributed by atoms with van der Waals surface area (Å²) in [6.07, 6.45) is 3.26. The largest absolute Gasteiger partial charge is 0.376 e. The number of ether oxygens (including phenoxy) is 1. The van der Waals surface area contributed by atoms with Crippen LogP contribution in [0.15, 0.2) is 0 Å². The van der Waals surface area contributed by atoms with E-state index in [0.29, 0.717) is 6.54 Å². The molecule has 0 aromatic rings. The normalized spacial score (nSPS) is 32.2. The quantitative estimate of drug-likeness (QED) is 0.831. The molecule has 0 aromatic heterocycles. The molecule has 5 heteroatoms. The minimum Gasteiger partial charge on any atom is -0.376 e. The van der Waals surface area contributed by atoms with Crippen LogP contribution in [0.1, 0.15) is 47.0 Å². The van der Waals surface area contributed by atoms with E-state index in [1.54, 1.807) is 11.8 Å². The average molecular weight is 282 g/mol. The second kappa shape index (κ2) is 5.72. The molecule has 2 fully saturated rings. The maximum atomic E-state index is 12.5. The molecule has 0 bridgehead atoms. The third kappa shape index (κ3) is 3.14. The van der Waals surface area contributed by atoms with Crippen molar-refractivity contribution in [1.29, 1.82) is 0 Å². The van der Waals surface area contributed by atoms with Crippen LogP contribution in [0.5, 0.6) is 0 Å². The summed E-state index contributed by atoms with van der Waals surface area (Å²) in [6.45, 7) is 9.01. The van der Waals surface area contributed by atoms with Gasteiger partial charge in [-0.15, -0.1) is 0 Å². The number of carbonyl (C=O) groups excluding carboxylic acids is 2. The van der Waals surface area contributed by atoms with Gasteiger partial charge in [0.2, 0.25) is 11.8 Å². The summed E-state index contributed by atoms with van der Waals surface area (Å²) in [7, 11) is 0. The van der Waals surface area contributed by atoms with Crippen molar-refractivity contribution in [3.8, 4) is 0 Å². The Labute approximate surface area is 121 Å². The first kappa shape index (κ1) is 15.3. The second-order valence-electron chi connectivity index (χ2n) is 6.98. The summed E-state index contributed by atoms with van der Waals surface area (Å²) in [5.74, 6) is -0.0564. The van der Waals surface area contributed by atoms with Crippen molar-refractivity contribution in [3.63, 3.8) is 0 Å². The zero-order valence-corrected chi connectivity index (χ0v) is 12.9. The molecule has 0 aliphatic carbocycles. The summed E-state index contributed by atoms with van der Waals surface area (Å²) >= 11 is 0. The second-order valence-corrected chi connectivity index (χ2v) is 6.98. The van der Waals surface area contributed by atoms with Crippen molar-refractivity contribution < 1.29 is 14.3 Å². The third-order valence-corrected chi connectivity index (χ3v) is 4.07. The summed E-state index contributed by atoms with van der Waals surface area (Å²) in [5.41, 5.74) is -0.283. The molecule has 2 saturated heterocycles. The molecule has 5 nitrogen and oxygen atoms in total. The molecule has 3 unspecified atom stereocenters. The number of nitrogens with one attached hydrogen (secondary N) is 1. The Morgan fingerprint density at radius 2 is 2.00 bits per heavy atom. The van der Waals surface area contributed by atoms with Gasteiger partial charge >= 0.3 is 0 Å². The fourth-order valence-corrected chi connectivity index (χ4v) is 3.10. The lowest BCUT2D eigenvalue weighted by Crippen LogP contribution is -2.67. The number of amides is 2. The van der Waals surface area contributed by atoms with Crippen molar-refractivity contribution >= 4 is 11.8 Å². The van der Waals surface area contributed by atoms with E-state index < -0.39 is 12.1 Å². The molecule has 20 heavy (non-hydrogen) atoms. The highest BCUT2D eigenvalue weighted by Gasteiger charge is 2.45. The van der Waals surface area contributed by atoms with Crippen LogP contribution >= 0.6 is 0 Å². The van der Waals surface area contributed by atoms with Crippen LogP contribution < -0.4 is 5.32 Å². The molecule has 2 rings (SSSR count). The molecule has 3 atom stereocenters. The lowest BCUT2D eigenvalue weighted by atomic mass is 9.83. The van der Waals surface area contributed by atoms with Crippen molar-refractivity contribution in [2.45, 2.75) is 65.1 Å². The van der Waals surface area contributed by atoms with Crippen molar-refractivity contribution in [3.05, 3.63) is 0 Å². The number of carbonyl (C=O) groups is 2. The van der Waals surface area contributed by atoms with Crippen LogP contribution in [0.2, 0.25) is 0 Å². The monoisotopic (exact) mass is 282 g/mol. The molecule has 2 amide bonds. The van der Waals surface area contributed by atoms with Gasteiger partial charge in [0, 0.05) is 13.2 Å². The standard InChI is InChI=1S/C15H26N2O3/c1-10-14(19)17(9-11-7-5-6-8-20-11)12(13(18)16-10)15(2,3)4/h10-12H,5-9H2,1-4H3,(H,16,18). The van der Waals surface area contributed by atoms with Crippen LogP contribution in [0.25, 0.3) is 0 Å². The van der Waals surface area contributed by atoms with Crippen LogP contribution in [0, 0.1) is 5.41 Å². The SMILES string of the molecule is CC1NC(=O)C(C(C)(C)C)N(CC2CCCCO2)C1=O. The summed E-state index contributed by atoms with van der Waals surface area (Å²) in [6, 6.07) is -0.860. The molecule has 114 valence electrons. The Hall–Kier alpha value is -1.10. The van der Waals surface area contributed by atoms with Crippen molar-refractivity contribution in [2.75, 3.05) is 13.2 Å². The van der Waals surface area contributed by atoms with Gasteiger partial charge in [-0.3, -0.25) is 9.59 Å². The summed E-state index contributed by atoms with van der Waals surface area (Å²) in [4.78, 5) is 26.5. The first-order valence-electron chi connectivity index (χ1n) is 7.53. The number of piperazine rings is 1. The van der Waals surface area contributed by atoms with Crippen molar-refractivity contribution in [2.24, 2.45) is 5.41 Å². The molecule has 0 spiro atoms.